The average Bonchev–Trinajstić information content (AvgIpc) is 3.52. The van der Waals surface area contributed by atoms with Crippen molar-refractivity contribution in [3.8, 4) is 0 Å². The van der Waals surface area contributed by atoms with Gasteiger partial charge in [0, 0.05) is 37.6 Å². The number of fused-ring (bicyclic) bond motifs is 5. The highest BCUT2D eigenvalue weighted by Gasteiger charge is 2.38. The summed E-state index contributed by atoms with van der Waals surface area (Å²) in [6.45, 7) is 3.98. The molecule has 4 fully saturated rings. The molecule has 1 aliphatic carbocycles. The van der Waals surface area contributed by atoms with Crippen molar-refractivity contribution in [2.24, 2.45) is 11.8 Å². The molecule has 1 aromatic heterocycles. The third-order valence-electron chi connectivity index (χ3n) is 6.42. The van der Waals surface area contributed by atoms with Crippen LogP contribution >= 0.6 is 0 Å². The molecule has 1 aromatic carbocycles. The fraction of sp³-hybridized carbons (Fsp3) is 0.571. The van der Waals surface area contributed by atoms with E-state index in [-0.39, 0.29) is 18.0 Å². The second-order valence-corrected chi connectivity index (χ2v) is 8.49. The molecule has 1 saturated carbocycles. The van der Waals surface area contributed by atoms with Crippen molar-refractivity contribution in [3.63, 3.8) is 0 Å². The number of piperidine rings is 1. The highest BCUT2D eigenvalue weighted by molar-refractivity contribution is 5.81. The van der Waals surface area contributed by atoms with E-state index in [9.17, 15) is 9.59 Å². The molecule has 2 bridgehead atoms. The standard InChI is InChI=1S/C21H26N4O2/c26-20(14-25-21(27)19-4-2-1-3-17(19)9-22-25)24-12-16-7-8-18(13-24)23(11-16)10-15-5-6-15/h1-4,9,15-16,18H,5-8,10-14H2/t16-,18-/m0/s1. The van der Waals surface area contributed by atoms with E-state index in [0.29, 0.717) is 17.3 Å². The average molecular weight is 366 g/mol. The third kappa shape index (κ3) is 3.38. The maximum Gasteiger partial charge on any atom is 0.275 e. The van der Waals surface area contributed by atoms with Gasteiger partial charge in [-0.2, -0.15) is 5.10 Å². The van der Waals surface area contributed by atoms with Crippen LogP contribution in [0.2, 0.25) is 0 Å². The van der Waals surface area contributed by atoms with Gasteiger partial charge in [-0.3, -0.25) is 14.5 Å². The Labute approximate surface area is 158 Å². The van der Waals surface area contributed by atoms with E-state index >= 15 is 0 Å². The molecule has 0 spiro atoms. The first-order valence-electron chi connectivity index (χ1n) is 10.1. The second kappa shape index (κ2) is 6.75. The molecule has 142 valence electrons. The van der Waals surface area contributed by atoms with Gasteiger partial charge < -0.3 is 4.90 Å². The van der Waals surface area contributed by atoms with Gasteiger partial charge in [0.25, 0.3) is 5.56 Å². The zero-order valence-corrected chi connectivity index (χ0v) is 15.6. The SMILES string of the molecule is O=C(Cn1ncc2ccccc2c1=O)N1C[C@H]2CC[C@@H](C1)N(CC1CC1)C2. The fourth-order valence-electron chi connectivity index (χ4n) is 4.71. The summed E-state index contributed by atoms with van der Waals surface area (Å²) in [6, 6.07) is 7.88. The first-order valence-corrected chi connectivity index (χ1v) is 10.1. The minimum atomic E-state index is -0.186. The van der Waals surface area contributed by atoms with E-state index < -0.39 is 0 Å². The molecule has 2 atom stereocenters. The molecule has 3 saturated heterocycles. The second-order valence-electron chi connectivity index (χ2n) is 8.49. The third-order valence-corrected chi connectivity index (χ3v) is 6.42. The van der Waals surface area contributed by atoms with Crippen LogP contribution in [-0.2, 0) is 11.3 Å². The topological polar surface area (TPSA) is 58.4 Å². The number of hydrogen-bond donors (Lipinski definition) is 0. The van der Waals surface area contributed by atoms with E-state index in [1.807, 2.05) is 23.1 Å². The van der Waals surface area contributed by atoms with Crippen molar-refractivity contribution >= 4 is 16.7 Å². The predicted octanol–water partition coefficient (Wildman–Crippen LogP) is 1.73. The van der Waals surface area contributed by atoms with Crippen molar-refractivity contribution < 1.29 is 4.79 Å². The smallest absolute Gasteiger partial charge is 0.275 e. The van der Waals surface area contributed by atoms with Crippen molar-refractivity contribution in [1.82, 2.24) is 19.6 Å². The number of carbonyl (C=O) groups excluding carboxylic acids is 1. The summed E-state index contributed by atoms with van der Waals surface area (Å²) >= 11 is 0. The number of benzene rings is 1. The molecular weight excluding hydrogens is 340 g/mol. The molecule has 0 unspecified atom stereocenters. The van der Waals surface area contributed by atoms with E-state index in [2.05, 4.69) is 10.00 Å². The van der Waals surface area contributed by atoms with Gasteiger partial charge >= 0.3 is 0 Å². The molecule has 27 heavy (non-hydrogen) atoms. The van der Waals surface area contributed by atoms with Gasteiger partial charge in [0.1, 0.15) is 6.54 Å². The van der Waals surface area contributed by atoms with Gasteiger partial charge in [-0.05, 0) is 43.6 Å². The van der Waals surface area contributed by atoms with Crippen LogP contribution in [0.15, 0.2) is 35.3 Å². The predicted molar refractivity (Wildman–Crippen MR) is 103 cm³/mol. The van der Waals surface area contributed by atoms with Crippen molar-refractivity contribution in [3.05, 3.63) is 40.8 Å². The lowest BCUT2D eigenvalue weighted by Crippen LogP contribution is -2.45. The van der Waals surface area contributed by atoms with E-state index in [0.717, 1.165) is 30.9 Å². The summed E-state index contributed by atoms with van der Waals surface area (Å²) < 4.78 is 1.32. The summed E-state index contributed by atoms with van der Waals surface area (Å²) in [6.07, 6.45) is 6.81. The molecule has 0 N–H and O–H groups in total. The van der Waals surface area contributed by atoms with Gasteiger partial charge in [-0.25, -0.2) is 4.68 Å². The largest absolute Gasteiger partial charge is 0.339 e. The van der Waals surface area contributed by atoms with Crippen LogP contribution in [0.5, 0.6) is 0 Å². The van der Waals surface area contributed by atoms with Crippen molar-refractivity contribution in [1.29, 1.82) is 0 Å². The highest BCUT2D eigenvalue weighted by Crippen LogP contribution is 2.34. The molecular formula is C21H26N4O2. The summed E-state index contributed by atoms with van der Waals surface area (Å²) in [4.78, 5) is 30.2. The van der Waals surface area contributed by atoms with Crippen LogP contribution in [0.1, 0.15) is 25.7 Å². The monoisotopic (exact) mass is 366 g/mol. The molecule has 2 aromatic rings. The van der Waals surface area contributed by atoms with Gasteiger partial charge in [0.2, 0.25) is 5.91 Å². The van der Waals surface area contributed by atoms with Crippen molar-refractivity contribution in [2.75, 3.05) is 26.2 Å². The molecule has 6 rings (SSSR count). The Bertz CT molecular complexity index is 920. The number of aromatic nitrogens is 2. The van der Waals surface area contributed by atoms with Gasteiger partial charge in [-0.15, -0.1) is 0 Å². The number of hydrogen-bond acceptors (Lipinski definition) is 4. The fourth-order valence-corrected chi connectivity index (χ4v) is 4.71. The number of nitrogens with zero attached hydrogens (tertiary/aromatic N) is 4. The minimum Gasteiger partial charge on any atom is -0.339 e. The van der Waals surface area contributed by atoms with E-state index in [4.69, 9.17) is 0 Å². The Hall–Kier alpha value is -2.21. The lowest BCUT2D eigenvalue weighted by atomic mass is 9.95. The highest BCUT2D eigenvalue weighted by atomic mass is 16.2. The molecule has 0 radical (unpaired) electrons. The molecule has 3 aliphatic heterocycles. The van der Waals surface area contributed by atoms with Crippen LogP contribution in [0.3, 0.4) is 0 Å². The quantitative estimate of drug-likeness (QED) is 0.827. The van der Waals surface area contributed by atoms with Crippen LogP contribution < -0.4 is 5.56 Å². The summed E-state index contributed by atoms with van der Waals surface area (Å²) in [5.74, 6) is 1.46. The molecule has 1 amide bonds. The van der Waals surface area contributed by atoms with Gasteiger partial charge in [0.05, 0.1) is 11.6 Å². The van der Waals surface area contributed by atoms with Crippen LogP contribution in [0.25, 0.3) is 10.8 Å². The first-order chi connectivity index (χ1) is 13.2. The Morgan fingerprint density at radius 2 is 1.93 bits per heavy atom. The normalized spacial score (nSPS) is 25.7. The summed E-state index contributed by atoms with van der Waals surface area (Å²) in [7, 11) is 0. The van der Waals surface area contributed by atoms with E-state index in [1.54, 1.807) is 12.3 Å². The van der Waals surface area contributed by atoms with Crippen LogP contribution in [0, 0.1) is 11.8 Å². The molecule has 4 aliphatic rings. The summed E-state index contributed by atoms with van der Waals surface area (Å²) in [5, 5.41) is 5.66. The first kappa shape index (κ1) is 16.9. The Morgan fingerprint density at radius 3 is 2.78 bits per heavy atom. The van der Waals surface area contributed by atoms with Gasteiger partial charge in [0.15, 0.2) is 0 Å². The lowest BCUT2D eigenvalue weighted by Gasteiger charge is -2.36. The van der Waals surface area contributed by atoms with Crippen molar-refractivity contribution in [2.45, 2.75) is 38.3 Å². The lowest BCUT2D eigenvalue weighted by molar-refractivity contribution is -0.132. The number of carbonyl (C=O) groups is 1. The summed E-state index contributed by atoms with van der Waals surface area (Å²) in [5.41, 5.74) is -0.186. The Kier molecular flexibility index (Phi) is 4.23. The maximum absolute atomic E-state index is 13.0. The Balaban J connectivity index is 1.32. The van der Waals surface area contributed by atoms with Crippen LogP contribution in [-0.4, -0.2) is 57.7 Å². The molecule has 6 nitrogen and oxygen atoms in total. The zero-order chi connectivity index (χ0) is 18.4. The maximum atomic E-state index is 13.0. The van der Waals surface area contributed by atoms with Gasteiger partial charge in [-0.1, -0.05) is 18.2 Å². The zero-order valence-electron chi connectivity index (χ0n) is 15.6. The number of amides is 1. The van der Waals surface area contributed by atoms with Crippen LogP contribution in [0.4, 0.5) is 0 Å². The Morgan fingerprint density at radius 1 is 1.07 bits per heavy atom. The molecule has 4 heterocycles. The number of rotatable bonds is 4. The molecule has 6 heteroatoms. The van der Waals surface area contributed by atoms with E-state index in [1.165, 1.54) is 36.9 Å². The minimum absolute atomic E-state index is 0.0186.